The summed E-state index contributed by atoms with van der Waals surface area (Å²) in [7, 11) is 0. The van der Waals surface area contributed by atoms with Gasteiger partial charge in [0.05, 0.1) is 4.92 Å². The Kier molecular flexibility index (Phi) is 5.76. The highest BCUT2D eigenvalue weighted by atomic mass is 35.5. The Bertz CT molecular complexity index is 447. The van der Waals surface area contributed by atoms with Gasteiger partial charge < -0.3 is 0 Å². The Labute approximate surface area is 119 Å². The van der Waals surface area contributed by atoms with Crippen LogP contribution in [0.1, 0.15) is 33.3 Å². The van der Waals surface area contributed by atoms with Gasteiger partial charge in [0, 0.05) is 25.2 Å². The second-order valence-corrected chi connectivity index (χ2v) is 5.87. The van der Waals surface area contributed by atoms with Crippen molar-refractivity contribution in [2.24, 2.45) is 5.92 Å². The first-order valence-corrected chi connectivity index (χ1v) is 6.86. The van der Waals surface area contributed by atoms with E-state index in [0.29, 0.717) is 18.5 Å². The summed E-state index contributed by atoms with van der Waals surface area (Å²) in [6.07, 6.45) is 0. The van der Waals surface area contributed by atoms with Crippen molar-refractivity contribution >= 4 is 17.3 Å². The van der Waals surface area contributed by atoms with E-state index in [1.165, 1.54) is 0 Å². The fourth-order valence-electron chi connectivity index (χ4n) is 1.96. The molecule has 0 heterocycles. The van der Waals surface area contributed by atoms with Crippen LogP contribution in [-0.4, -0.2) is 22.4 Å². The molecule has 0 unspecified atom stereocenters. The van der Waals surface area contributed by atoms with E-state index in [4.69, 9.17) is 11.6 Å². The summed E-state index contributed by atoms with van der Waals surface area (Å²) >= 11 is 5.82. The van der Waals surface area contributed by atoms with E-state index >= 15 is 0 Å². The molecule has 0 saturated carbocycles. The second kappa shape index (κ2) is 6.87. The average molecular weight is 285 g/mol. The lowest BCUT2D eigenvalue weighted by Crippen LogP contribution is -2.33. The van der Waals surface area contributed by atoms with Crippen LogP contribution >= 0.6 is 11.6 Å². The van der Waals surface area contributed by atoms with Gasteiger partial charge in [-0.05, 0) is 31.4 Å². The summed E-state index contributed by atoms with van der Waals surface area (Å²) in [5.74, 6) is 0.560. The van der Waals surface area contributed by atoms with Crippen molar-refractivity contribution in [3.63, 3.8) is 0 Å². The third-order valence-corrected chi connectivity index (χ3v) is 3.24. The molecular formula is C14H21ClN2O2. The van der Waals surface area contributed by atoms with Crippen molar-refractivity contribution in [3.8, 4) is 0 Å². The number of hydrogen-bond acceptors (Lipinski definition) is 3. The summed E-state index contributed by atoms with van der Waals surface area (Å²) in [5.41, 5.74) is 0.901. The molecular weight excluding hydrogens is 264 g/mol. The van der Waals surface area contributed by atoms with Gasteiger partial charge >= 0.3 is 0 Å². The molecule has 0 atom stereocenters. The lowest BCUT2D eigenvalue weighted by Gasteiger charge is -2.28. The van der Waals surface area contributed by atoms with E-state index in [2.05, 4.69) is 32.6 Å². The van der Waals surface area contributed by atoms with E-state index in [-0.39, 0.29) is 10.7 Å². The van der Waals surface area contributed by atoms with Crippen LogP contribution in [0, 0.1) is 16.0 Å². The zero-order valence-electron chi connectivity index (χ0n) is 11.9. The van der Waals surface area contributed by atoms with Crippen molar-refractivity contribution in [2.45, 2.75) is 40.3 Å². The highest BCUT2D eigenvalue weighted by molar-refractivity contribution is 6.32. The van der Waals surface area contributed by atoms with Gasteiger partial charge in [-0.1, -0.05) is 31.5 Å². The molecule has 19 heavy (non-hydrogen) atoms. The van der Waals surface area contributed by atoms with Crippen molar-refractivity contribution in [1.82, 2.24) is 4.90 Å². The second-order valence-electron chi connectivity index (χ2n) is 5.46. The predicted octanol–water partition coefficient (Wildman–Crippen LogP) is 4.11. The van der Waals surface area contributed by atoms with Crippen LogP contribution in [0.4, 0.5) is 5.69 Å². The van der Waals surface area contributed by atoms with Gasteiger partial charge in [-0.15, -0.1) is 0 Å². The van der Waals surface area contributed by atoms with Crippen LogP contribution in [0.3, 0.4) is 0 Å². The lowest BCUT2D eigenvalue weighted by atomic mass is 10.1. The molecule has 5 heteroatoms. The fourth-order valence-corrected chi connectivity index (χ4v) is 2.14. The third kappa shape index (κ3) is 4.80. The van der Waals surface area contributed by atoms with Crippen LogP contribution < -0.4 is 0 Å². The third-order valence-electron chi connectivity index (χ3n) is 2.92. The largest absolute Gasteiger partial charge is 0.296 e. The smallest absolute Gasteiger partial charge is 0.288 e. The quantitative estimate of drug-likeness (QED) is 0.583. The van der Waals surface area contributed by atoms with E-state index in [0.717, 1.165) is 12.1 Å². The zero-order chi connectivity index (χ0) is 14.6. The Morgan fingerprint density at radius 3 is 2.42 bits per heavy atom. The van der Waals surface area contributed by atoms with Gasteiger partial charge in [0.2, 0.25) is 0 Å². The van der Waals surface area contributed by atoms with Gasteiger partial charge in [-0.25, -0.2) is 0 Å². The topological polar surface area (TPSA) is 46.4 Å². The summed E-state index contributed by atoms with van der Waals surface area (Å²) in [4.78, 5) is 12.7. The minimum absolute atomic E-state index is 0.0209. The lowest BCUT2D eigenvalue weighted by molar-refractivity contribution is -0.384. The molecule has 0 saturated heterocycles. The molecule has 0 aliphatic heterocycles. The average Bonchev–Trinajstić information content (AvgIpc) is 2.29. The predicted molar refractivity (Wildman–Crippen MR) is 78.5 cm³/mol. The highest BCUT2D eigenvalue weighted by Crippen LogP contribution is 2.26. The first-order chi connectivity index (χ1) is 8.81. The minimum Gasteiger partial charge on any atom is -0.296 e. The van der Waals surface area contributed by atoms with E-state index in [1.54, 1.807) is 12.1 Å². The number of rotatable bonds is 6. The van der Waals surface area contributed by atoms with Crippen LogP contribution in [0.2, 0.25) is 5.02 Å². The number of halogens is 1. The number of hydrogen-bond donors (Lipinski definition) is 0. The van der Waals surface area contributed by atoms with Crippen molar-refractivity contribution in [3.05, 3.63) is 38.9 Å². The van der Waals surface area contributed by atoms with Crippen LogP contribution in [0.25, 0.3) is 0 Å². The monoisotopic (exact) mass is 284 g/mol. The van der Waals surface area contributed by atoms with Gasteiger partial charge in [0.15, 0.2) is 0 Å². The van der Waals surface area contributed by atoms with Crippen LogP contribution in [0.15, 0.2) is 18.2 Å². The van der Waals surface area contributed by atoms with E-state index < -0.39 is 4.92 Å². The Balaban J connectivity index is 2.90. The highest BCUT2D eigenvalue weighted by Gasteiger charge is 2.16. The van der Waals surface area contributed by atoms with E-state index in [1.807, 2.05) is 6.07 Å². The van der Waals surface area contributed by atoms with Crippen LogP contribution in [0.5, 0.6) is 0 Å². The maximum absolute atomic E-state index is 10.9. The van der Waals surface area contributed by atoms with Crippen molar-refractivity contribution in [1.29, 1.82) is 0 Å². The Hall–Kier alpha value is -1.13. The molecule has 0 aliphatic carbocycles. The summed E-state index contributed by atoms with van der Waals surface area (Å²) in [5, 5.41) is 11.1. The Morgan fingerprint density at radius 1 is 1.32 bits per heavy atom. The molecule has 1 rings (SSSR count). The summed E-state index contributed by atoms with van der Waals surface area (Å²) < 4.78 is 0. The number of nitro groups is 1. The van der Waals surface area contributed by atoms with Crippen molar-refractivity contribution < 1.29 is 4.92 Å². The Morgan fingerprint density at radius 2 is 1.95 bits per heavy atom. The first-order valence-electron chi connectivity index (χ1n) is 6.48. The van der Waals surface area contributed by atoms with Gasteiger partial charge in [-0.3, -0.25) is 15.0 Å². The standard InChI is InChI=1S/C14H21ClN2O2/c1-10(2)8-16(11(3)4)9-12-5-6-13(15)14(7-12)17(18)19/h5-7,10-11H,8-9H2,1-4H3. The molecule has 0 aliphatic rings. The number of nitrogens with zero attached hydrogens (tertiary/aromatic N) is 2. The molecule has 0 amide bonds. The summed E-state index contributed by atoms with van der Waals surface area (Å²) in [6.45, 7) is 10.3. The molecule has 0 spiro atoms. The van der Waals surface area contributed by atoms with Crippen LogP contribution in [-0.2, 0) is 6.54 Å². The first kappa shape index (κ1) is 15.9. The SMILES string of the molecule is CC(C)CN(Cc1ccc(Cl)c([N+](=O)[O-])c1)C(C)C. The minimum atomic E-state index is -0.437. The van der Waals surface area contributed by atoms with Crippen molar-refractivity contribution in [2.75, 3.05) is 6.54 Å². The maximum Gasteiger partial charge on any atom is 0.288 e. The zero-order valence-corrected chi connectivity index (χ0v) is 12.6. The molecule has 0 bridgehead atoms. The maximum atomic E-state index is 10.9. The molecule has 0 aromatic heterocycles. The normalized spacial score (nSPS) is 11.6. The fraction of sp³-hybridized carbons (Fsp3) is 0.571. The summed E-state index contributed by atoms with van der Waals surface area (Å²) in [6, 6.07) is 5.42. The number of nitro benzene ring substituents is 1. The molecule has 0 radical (unpaired) electrons. The van der Waals surface area contributed by atoms with Gasteiger partial charge in [0.1, 0.15) is 5.02 Å². The molecule has 4 nitrogen and oxygen atoms in total. The molecule has 1 aromatic rings. The van der Waals surface area contributed by atoms with Gasteiger partial charge in [0.25, 0.3) is 5.69 Å². The molecule has 0 fully saturated rings. The molecule has 106 valence electrons. The molecule has 1 aromatic carbocycles. The molecule has 0 N–H and O–H groups in total. The van der Waals surface area contributed by atoms with Gasteiger partial charge in [-0.2, -0.15) is 0 Å². The van der Waals surface area contributed by atoms with E-state index in [9.17, 15) is 10.1 Å². The number of benzene rings is 1.